The van der Waals surface area contributed by atoms with E-state index >= 15 is 0 Å². The Labute approximate surface area is 108 Å². The van der Waals surface area contributed by atoms with Crippen molar-refractivity contribution in [3.05, 3.63) is 24.3 Å². The van der Waals surface area contributed by atoms with Crippen molar-refractivity contribution in [2.24, 2.45) is 0 Å². The molecule has 0 bridgehead atoms. The van der Waals surface area contributed by atoms with Gasteiger partial charge >= 0.3 is 0 Å². The zero-order valence-electron chi connectivity index (χ0n) is 10.9. The zero-order valence-corrected chi connectivity index (χ0v) is 10.9. The monoisotopic (exact) mass is 251 g/mol. The predicted molar refractivity (Wildman–Crippen MR) is 70.3 cm³/mol. The topological polar surface area (TPSA) is 39.7 Å². The van der Waals surface area contributed by atoms with Gasteiger partial charge in [0, 0.05) is 13.1 Å². The molecule has 1 N–H and O–H groups in total. The van der Waals surface area contributed by atoms with Crippen molar-refractivity contribution in [2.45, 2.75) is 19.4 Å². The van der Waals surface area contributed by atoms with Crippen molar-refractivity contribution in [3.8, 4) is 11.5 Å². The first-order chi connectivity index (χ1) is 8.90. The molecule has 0 spiro atoms. The first-order valence-corrected chi connectivity index (χ1v) is 6.57. The van der Waals surface area contributed by atoms with Crippen LogP contribution in [-0.2, 0) is 4.74 Å². The van der Waals surface area contributed by atoms with Gasteiger partial charge in [-0.15, -0.1) is 0 Å². The number of morpholine rings is 1. The van der Waals surface area contributed by atoms with E-state index in [1.165, 1.54) is 0 Å². The number of rotatable bonds is 6. The van der Waals surface area contributed by atoms with Crippen LogP contribution in [0.5, 0.6) is 11.5 Å². The molecule has 1 heterocycles. The largest absolute Gasteiger partial charge is 0.490 e. The van der Waals surface area contributed by atoms with E-state index in [1.807, 2.05) is 24.3 Å². The molecule has 4 nitrogen and oxygen atoms in total. The molecule has 0 aliphatic carbocycles. The minimum absolute atomic E-state index is 0.123. The van der Waals surface area contributed by atoms with Gasteiger partial charge in [0.2, 0.25) is 0 Å². The van der Waals surface area contributed by atoms with Gasteiger partial charge < -0.3 is 19.5 Å². The van der Waals surface area contributed by atoms with Crippen molar-refractivity contribution in [1.29, 1.82) is 0 Å². The lowest BCUT2D eigenvalue weighted by Gasteiger charge is -2.24. The SMILES string of the molecule is CCCOc1ccccc1OCC1CNCCO1. The second-order valence-electron chi connectivity index (χ2n) is 4.30. The summed E-state index contributed by atoms with van der Waals surface area (Å²) in [7, 11) is 0. The molecule has 1 saturated heterocycles. The average molecular weight is 251 g/mol. The van der Waals surface area contributed by atoms with Crippen LogP contribution in [0.4, 0.5) is 0 Å². The highest BCUT2D eigenvalue weighted by Crippen LogP contribution is 2.26. The van der Waals surface area contributed by atoms with E-state index < -0.39 is 0 Å². The van der Waals surface area contributed by atoms with Gasteiger partial charge in [-0.05, 0) is 18.6 Å². The van der Waals surface area contributed by atoms with Crippen molar-refractivity contribution in [1.82, 2.24) is 5.32 Å². The summed E-state index contributed by atoms with van der Waals surface area (Å²) in [5.74, 6) is 1.60. The highest BCUT2D eigenvalue weighted by molar-refractivity contribution is 5.39. The molecule has 1 aliphatic heterocycles. The molecule has 1 fully saturated rings. The summed E-state index contributed by atoms with van der Waals surface area (Å²) in [5.41, 5.74) is 0. The molecule has 1 aliphatic rings. The van der Waals surface area contributed by atoms with Gasteiger partial charge in [-0.3, -0.25) is 0 Å². The van der Waals surface area contributed by atoms with Gasteiger partial charge in [0.1, 0.15) is 12.7 Å². The first kappa shape index (κ1) is 13.2. The Hall–Kier alpha value is -1.26. The second-order valence-corrected chi connectivity index (χ2v) is 4.30. The summed E-state index contributed by atoms with van der Waals surface area (Å²) in [4.78, 5) is 0. The number of nitrogens with one attached hydrogen (secondary N) is 1. The van der Waals surface area contributed by atoms with Gasteiger partial charge in [0.25, 0.3) is 0 Å². The Morgan fingerprint density at radius 2 is 2.06 bits per heavy atom. The molecule has 0 saturated carbocycles. The molecule has 100 valence electrons. The van der Waals surface area contributed by atoms with Crippen LogP contribution in [-0.4, -0.2) is 39.0 Å². The number of hydrogen-bond donors (Lipinski definition) is 1. The van der Waals surface area contributed by atoms with Gasteiger partial charge in [0.15, 0.2) is 11.5 Å². The second kappa shape index (κ2) is 7.24. The molecule has 0 radical (unpaired) electrons. The number of benzene rings is 1. The highest BCUT2D eigenvalue weighted by Gasteiger charge is 2.14. The van der Waals surface area contributed by atoms with Gasteiger partial charge in [-0.25, -0.2) is 0 Å². The maximum atomic E-state index is 5.78. The summed E-state index contributed by atoms with van der Waals surface area (Å²) in [5, 5.41) is 3.28. The Kier molecular flexibility index (Phi) is 5.30. The third-order valence-electron chi connectivity index (χ3n) is 2.74. The summed E-state index contributed by atoms with van der Waals surface area (Å²) >= 11 is 0. The van der Waals surface area contributed by atoms with E-state index in [-0.39, 0.29) is 6.10 Å². The zero-order chi connectivity index (χ0) is 12.6. The molecule has 1 aromatic carbocycles. The number of hydrogen-bond acceptors (Lipinski definition) is 4. The molecule has 0 aromatic heterocycles. The summed E-state index contributed by atoms with van der Waals surface area (Å²) in [6.45, 7) is 5.87. The Bertz CT molecular complexity index is 351. The highest BCUT2D eigenvalue weighted by atomic mass is 16.5. The Morgan fingerprint density at radius 3 is 2.72 bits per heavy atom. The standard InChI is InChI=1S/C14H21NO3/c1-2-8-17-13-5-3-4-6-14(13)18-11-12-10-15-7-9-16-12/h3-6,12,15H,2,7-11H2,1H3. The van der Waals surface area contributed by atoms with E-state index in [4.69, 9.17) is 14.2 Å². The van der Waals surface area contributed by atoms with Crippen molar-refractivity contribution < 1.29 is 14.2 Å². The van der Waals surface area contributed by atoms with Crippen LogP contribution in [0.2, 0.25) is 0 Å². The summed E-state index contributed by atoms with van der Waals surface area (Å²) < 4.78 is 17.0. The molecular weight excluding hydrogens is 230 g/mol. The summed E-state index contributed by atoms with van der Waals surface area (Å²) in [6, 6.07) is 7.77. The van der Waals surface area contributed by atoms with Crippen LogP contribution < -0.4 is 14.8 Å². The quantitative estimate of drug-likeness (QED) is 0.837. The first-order valence-electron chi connectivity index (χ1n) is 6.57. The summed E-state index contributed by atoms with van der Waals surface area (Å²) in [6.07, 6.45) is 1.11. The molecule has 1 aromatic rings. The van der Waals surface area contributed by atoms with Gasteiger partial charge in [0.05, 0.1) is 13.2 Å². The molecule has 0 amide bonds. The minimum Gasteiger partial charge on any atom is -0.490 e. The van der Waals surface area contributed by atoms with E-state index in [0.717, 1.165) is 37.6 Å². The van der Waals surface area contributed by atoms with Gasteiger partial charge in [-0.1, -0.05) is 19.1 Å². The van der Waals surface area contributed by atoms with E-state index in [2.05, 4.69) is 12.2 Å². The van der Waals surface area contributed by atoms with Crippen LogP contribution >= 0.6 is 0 Å². The van der Waals surface area contributed by atoms with Crippen molar-refractivity contribution in [2.75, 3.05) is 32.9 Å². The third kappa shape index (κ3) is 3.89. The molecule has 2 rings (SSSR count). The lowest BCUT2D eigenvalue weighted by molar-refractivity contribution is -0.000374. The fraction of sp³-hybridized carbons (Fsp3) is 0.571. The van der Waals surface area contributed by atoms with Crippen LogP contribution in [0.1, 0.15) is 13.3 Å². The number of ether oxygens (including phenoxy) is 3. The van der Waals surface area contributed by atoms with E-state index in [1.54, 1.807) is 0 Å². The third-order valence-corrected chi connectivity index (χ3v) is 2.74. The normalized spacial score (nSPS) is 19.5. The van der Waals surface area contributed by atoms with Gasteiger partial charge in [-0.2, -0.15) is 0 Å². The van der Waals surface area contributed by atoms with Crippen molar-refractivity contribution >= 4 is 0 Å². The minimum atomic E-state index is 0.123. The predicted octanol–water partition coefficient (Wildman–Crippen LogP) is 1.84. The Morgan fingerprint density at radius 1 is 1.28 bits per heavy atom. The maximum Gasteiger partial charge on any atom is 0.161 e. The van der Waals surface area contributed by atoms with Crippen LogP contribution in [0, 0.1) is 0 Å². The van der Waals surface area contributed by atoms with Crippen LogP contribution in [0.25, 0.3) is 0 Å². The maximum absolute atomic E-state index is 5.78. The molecule has 1 unspecified atom stereocenters. The molecule has 4 heteroatoms. The number of para-hydroxylation sites is 2. The van der Waals surface area contributed by atoms with Crippen molar-refractivity contribution in [3.63, 3.8) is 0 Å². The van der Waals surface area contributed by atoms with Crippen LogP contribution in [0.15, 0.2) is 24.3 Å². The molecular formula is C14H21NO3. The Balaban J connectivity index is 1.87. The molecule has 1 atom stereocenters. The van der Waals surface area contributed by atoms with E-state index in [0.29, 0.717) is 13.2 Å². The average Bonchev–Trinajstić information content (AvgIpc) is 2.45. The lowest BCUT2D eigenvalue weighted by Crippen LogP contribution is -2.41. The molecule has 18 heavy (non-hydrogen) atoms. The lowest BCUT2D eigenvalue weighted by atomic mass is 10.3. The fourth-order valence-corrected chi connectivity index (χ4v) is 1.81. The van der Waals surface area contributed by atoms with E-state index in [9.17, 15) is 0 Å². The fourth-order valence-electron chi connectivity index (χ4n) is 1.81. The van der Waals surface area contributed by atoms with Crippen LogP contribution in [0.3, 0.4) is 0 Å². The smallest absolute Gasteiger partial charge is 0.161 e.